The molecular formula is C10H16O3. The lowest BCUT2D eigenvalue weighted by atomic mass is 10.1. The zero-order valence-electron chi connectivity index (χ0n) is 8.16. The monoisotopic (exact) mass is 184 g/mol. The van der Waals surface area contributed by atoms with Crippen molar-refractivity contribution in [3.63, 3.8) is 0 Å². The van der Waals surface area contributed by atoms with Gasteiger partial charge in [-0.3, -0.25) is 4.79 Å². The summed E-state index contributed by atoms with van der Waals surface area (Å²) in [4.78, 5) is 11.3. The van der Waals surface area contributed by atoms with E-state index in [1.165, 1.54) is 0 Å². The molecule has 0 aromatic rings. The average molecular weight is 184 g/mol. The Balaban J connectivity index is 2.45. The maximum atomic E-state index is 11.3. The van der Waals surface area contributed by atoms with Gasteiger partial charge in [0.05, 0.1) is 0 Å². The zero-order chi connectivity index (χ0) is 9.68. The number of carbonyl (C=O) groups excluding carboxylic acids is 1. The molecule has 74 valence electrons. The molecule has 0 saturated carbocycles. The number of hydrogen-bond acceptors (Lipinski definition) is 3. The first-order chi connectivity index (χ1) is 6.27. The summed E-state index contributed by atoms with van der Waals surface area (Å²) in [6.45, 7) is 2.09. The molecule has 0 radical (unpaired) electrons. The molecule has 1 heterocycles. The smallest absolute Gasteiger partial charge is 0.184 e. The molecule has 0 amide bonds. The number of carbonyl (C=O) groups is 1. The van der Waals surface area contributed by atoms with Gasteiger partial charge < -0.3 is 9.47 Å². The van der Waals surface area contributed by atoms with Crippen LogP contribution in [0.4, 0.5) is 0 Å². The molecule has 0 saturated heterocycles. The standard InChI is InChI=1S/C10H16O3/c1-3-4-5-9-8(11)6-7-10(12-2)13-9/h6-7,9-10H,3-5H2,1-2H3/t9-,10-/m1/s1. The van der Waals surface area contributed by atoms with E-state index in [9.17, 15) is 4.79 Å². The molecule has 1 aliphatic rings. The summed E-state index contributed by atoms with van der Waals surface area (Å²) in [6, 6.07) is 0. The van der Waals surface area contributed by atoms with Crippen molar-refractivity contribution in [2.45, 2.75) is 38.6 Å². The summed E-state index contributed by atoms with van der Waals surface area (Å²) in [6.07, 6.45) is 5.44. The Morgan fingerprint density at radius 3 is 3.00 bits per heavy atom. The Bertz CT molecular complexity index is 198. The molecule has 1 rings (SSSR count). The van der Waals surface area contributed by atoms with E-state index in [4.69, 9.17) is 9.47 Å². The maximum absolute atomic E-state index is 11.3. The van der Waals surface area contributed by atoms with Crippen LogP contribution in [0.25, 0.3) is 0 Å². The Hall–Kier alpha value is -0.670. The summed E-state index contributed by atoms with van der Waals surface area (Å²) < 4.78 is 10.4. The summed E-state index contributed by atoms with van der Waals surface area (Å²) in [7, 11) is 1.57. The molecule has 13 heavy (non-hydrogen) atoms. The van der Waals surface area contributed by atoms with Crippen LogP contribution in [-0.2, 0) is 14.3 Å². The molecule has 0 unspecified atom stereocenters. The van der Waals surface area contributed by atoms with E-state index in [0.717, 1.165) is 19.3 Å². The van der Waals surface area contributed by atoms with Gasteiger partial charge in [0.25, 0.3) is 0 Å². The van der Waals surface area contributed by atoms with Crippen LogP contribution in [0.1, 0.15) is 26.2 Å². The van der Waals surface area contributed by atoms with Crippen LogP contribution in [0.5, 0.6) is 0 Å². The minimum absolute atomic E-state index is 0.0572. The number of rotatable bonds is 4. The van der Waals surface area contributed by atoms with Crippen molar-refractivity contribution in [3.8, 4) is 0 Å². The Labute approximate surface area is 78.7 Å². The molecule has 0 aromatic carbocycles. The van der Waals surface area contributed by atoms with Gasteiger partial charge in [0, 0.05) is 7.11 Å². The van der Waals surface area contributed by atoms with Gasteiger partial charge in [-0.15, -0.1) is 0 Å². The molecule has 0 N–H and O–H groups in total. The predicted molar refractivity (Wildman–Crippen MR) is 49.3 cm³/mol. The molecular weight excluding hydrogens is 168 g/mol. The van der Waals surface area contributed by atoms with Crippen LogP contribution in [0.3, 0.4) is 0 Å². The third kappa shape index (κ3) is 2.94. The fourth-order valence-electron chi connectivity index (χ4n) is 1.29. The van der Waals surface area contributed by atoms with Gasteiger partial charge in [-0.1, -0.05) is 19.8 Å². The molecule has 0 spiro atoms. The first kappa shape index (κ1) is 10.4. The highest BCUT2D eigenvalue weighted by atomic mass is 16.7. The van der Waals surface area contributed by atoms with E-state index in [1.54, 1.807) is 19.3 Å². The first-order valence-corrected chi connectivity index (χ1v) is 4.68. The van der Waals surface area contributed by atoms with Gasteiger partial charge in [0.2, 0.25) is 0 Å². The lowest BCUT2D eigenvalue weighted by Gasteiger charge is -2.23. The van der Waals surface area contributed by atoms with Crippen molar-refractivity contribution in [2.75, 3.05) is 7.11 Å². The Kier molecular flexibility index (Phi) is 4.12. The van der Waals surface area contributed by atoms with Gasteiger partial charge in [-0.25, -0.2) is 0 Å². The number of methoxy groups -OCH3 is 1. The second-order valence-electron chi connectivity index (χ2n) is 3.13. The molecule has 2 atom stereocenters. The maximum Gasteiger partial charge on any atom is 0.184 e. The lowest BCUT2D eigenvalue weighted by molar-refractivity contribution is -0.156. The SMILES string of the molecule is CCCC[C@H]1O[C@@H](OC)C=CC1=O. The van der Waals surface area contributed by atoms with E-state index >= 15 is 0 Å². The van der Waals surface area contributed by atoms with Crippen molar-refractivity contribution >= 4 is 5.78 Å². The van der Waals surface area contributed by atoms with Crippen molar-refractivity contribution in [2.24, 2.45) is 0 Å². The largest absolute Gasteiger partial charge is 0.352 e. The minimum atomic E-state index is -0.348. The number of ketones is 1. The third-order valence-corrected chi connectivity index (χ3v) is 2.09. The Morgan fingerprint density at radius 1 is 1.62 bits per heavy atom. The van der Waals surface area contributed by atoms with E-state index in [1.807, 2.05) is 0 Å². The lowest BCUT2D eigenvalue weighted by Crippen LogP contribution is -2.32. The van der Waals surface area contributed by atoms with Gasteiger partial charge in [-0.2, -0.15) is 0 Å². The second kappa shape index (κ2) is 5.14. The summed E-state index contributed by atoms with van der Waals surface area (Å²) >= 11 is 0. The first-order valence-electron chi connectivity index (χ1n) is 4.68. The summed E-state index contributed by atoms with van der Waals surface area (Å²) in [5.74, 6) is 0.0572. The minimum Gasteiger partial charge on any atom is -0.352 e. The van der Waals surface area contributed by atoms with E-state index in [2.05, 4.69) is 6.92 Å². The van der Waals surface area contributed by atoms with Crippen LogP contribution in [0.15, 0.2) is 12.2 Å². The average Bonchev–Trinajstić information content (AvgIpc) is 2.17. The molecule has 3 heteroatoms. The number of unbranched alkanes of at least 4 members (excludes halogenated alkanes) is 1. The highest BCUT2D eigenvalue weighted by Gasteiger charge is 2.23. The van der Waals surface area contributed by atoms with Crippen molar-refractivity contribution < 1.29 is 14.3 Å². The van der Waals surface area contributed by atoms with E-state index in [0.29, 0.717) is 0 Å². The summed E-state index contributed by atoms with van der Waals surface area (Å²) in [5.41, 5.74) is 0. The molecule has 0 aliphatic carbocycles. The highest BCUT2D eigenvalue weighted by Crippen LogP contribution is 2.15. The van der Waals surface area contributed by atoms with Crippen molar-refractivity contribution in [1.82, 2.24) is 0 Å². The Morgan fingerprint density at radius 2 is 2.38 bits per heavy atom. The summed E-state index contributed by atoms with van der Waals surface area (Å²) in [5, 5.41) is 0. The zero-order valence-corrected chi connectivity index (χ0v) is 8.16. The fourth-order valence-corrected chi connectivity index (χ4v) is 1.29. The second-order valence-corrected chi connectivity index (χ2v) is 3.13. The van der Waals surface area contributed by atoms with Gasteiger partial charge >= 0.3 is 0 Å². The van der Waals surface area contributed by atoms with E-state index < -0.39 is 0 Å². The van der Waals surface area contributed by atoms with Crippen LogP contribution >= 0.6 is 0 Å². The van der Waals surface area contributed by atoms with Gasteiger partial charge in [0.1, 0.15) is 6.10 Å². The van der Waals surface area contributed by atoms with Gasteiger partial charge in [-0.05, 0) is 18.6 Å². The van der Waals surface area contributed by atoms with Gasteiger partial charge in [0.15, 0.2) is 12.1 Å². The third-order valence-electron chi connectivity index (χ3n) is 2.09. The molecule has 0 aromatic heterocycles. The van der Waals surface area contributed by atoms with Crippen LogP contribution in [0.2, 0.25) is 0 Å². The fraction of sp³-hybridized carbons (Fsp3) is 0.700. The number of ether oxygens (including phenoxy) is 2. The molecule has 0 fully saturated rings. The quantitative estimate of drug-likeness (QED) is 0.666. The van der Waals surface area contributed by atoms with Crippen LogP contribution < -0.4 is 0 Å². The predicted octanol–water partition coefficient (Wildman–Crippen LogP) is 1.67. The van der Waals surface area contributed by atoms with Crippen LogP contribution in [0, 0.1) is 0 Å². The normalized spacial score (nSPS) is 28.0. The van der Waals surface area contributed by atoms with Crippen molar-refractivity contribution in [1.29, 1.82) is 0 Å². The van der Waals surface area contributed by atoms with E-state index in [-0.39, 0.29) is 18.2 Å². The highest BCUT2D eigenvalue weighted by molar-refractivity contribution is 5.94. The molecule has 3 nitrogen and oxygen atoms in total. The van der Waals surface area contributed by atoms with Crippen molar-refractivity contribution in [3.05, 3.63) is 12.2 Å². The molecule has 1 aliphatic heterocycles. The number of hydrogen-bond donors (Lipinski definition) is 0. The topological polar surface area (TPSA) is 35.5 Å². The molecule has 0 bridgehead atoms. The van der Waals surface area contributed by atoms with Crippen LogP contribution in [-0.4, -0.2) is 25.3 Å².